The molecule has 9 aromatic carbocycles. The summed E-state index contributed by atoms with van der Waals surface area (Å²) in [7, 11) is 0. The molecular formula is C56H37N3. The Labute approximate surface area is 355 Å². The van der Waals surface area contributed by atoms with Gasteiger partial charge in [-0.15, -0.1) is 0 Å². The Morgan fingerprint density at radius 1 is 0.339 bits per heavy atom. The van der Waals surface area contributed by atoms with Crippen molar-refractivity contribution in [2.45, 2.75) is 0 Å². The lowest BCUT2D eigenvalue weighted by atomic mass is 9.92. The molecule has 0 radical (unpaired) electrons. The van der Waals surface area contributed by atoms with Gasteiger partial charge in [-0.1, -0.05) is 194 Å². The Kier molecular flexibility index (Phi) is 6.45. The van der Waals surface area contributed by atoms with Crippen LogP contribution in [0.15, 0.2) is 224 Å². The van der Waals surface area contributed by atoms with E-state index in [0.717, 1.165) is 55.3 Å². The molecule has 0 amide bonds. The molecule has 0 unspecified atom stereocenters. The molecule has 0 N–H and O–H groups in total. The molecule has 3 heteroatoms. The number of nitrogens with zero attached hydrogens (tertiary/aromatic N) is 3. The van der Waals surface area contributed by atoms with Crippen molar-refractivity contribution in [3.8, 4) is 73.0 Å². The van der Waals surface area contributed by atoms with Crippen molar-refractivity contribution in [2.24, 2.45) is 0 Å². The second-order valence-electron chi connectivity index (χ2n) is 14.3. The molecule has 0 bridgehead atoms. The largest absolute Gasteiger partial charge is 0.309 e. The van der Waals surface area contributed by atoms with Crippen LogP contribution in [0.25, 0.3) is 106 Å². The van der Waals surface area contributed by atoms with Crippen molar-refractivity contribution in [1.29, 1.82) is 0 Å². The monoisotopic (exact) mass is 760 g/mol. The van der Waals surface area contributed by atoms with Crippen LogP contribution >= 0.6 is 0 Å². The summed E-state index contributed by atoms with van der Waals surface area (Å²) in [5.74, 6) is 0.302. The molecular weight excluding hydrogens is 715 g/mol. The van der Waals surface area contributed by atoms with Crippen molar-refractivity contribution < 1.29 is 12.3 Å². The molecule has 11 aromatic rings. The number of hydrogen-bond donors (Lipinski definition) is 0. The summed E-state index contributed by atoms with van der Waals surface area (Å²) in [6.45, 7) is 0. The van der Waals surface area contributed by atoms with E-state index in [-0.39, 0.29) is 16.8 Å². The molecule has 2 aromatic heterocycles. The van der Waals surface area contributed by atoms with Crippen LogP contribution in [0.1, 0.15) is 12.3 Å². The molecule has 11 rings (SSSR count). The molecule has 0 saturated carbocycles. The molecule has 0 spiro atoms. The molecule has 276 valence electrons. The maximum Gasteiger partial charge on any atom is 0.160 e. The quantitative estimate of drug-likeness (QED) is 0.162. The van der Waals surface area contributed by atoms with Crippen molar-refractivity contribution >= 4 is 32.6 Å². The van der Waals surface area contributed by atoms with Crippen LogP contribution in [-0.2, 0) is 0 Å². The maximum absolute atomic E-state index is 9.21. The fourth-order valence-corrected chi connectivity index (χ4v) is 7.99. The van der Waals surface area contributed by atoms with E-state index in [1.807, 2.05) is 54.6 Å². The highest BCUT2D eigenvalue weighted by Gasteiger charge is 2.16. The third-order valence-electron chi connectivity index (χ3n) is 10.8. The molecule has 0 aliphatic rings. The topological polar surface area (TPSA) is 30.7 Å². The molecule has 59 heavy (non-hydrogen) atoms. The first kappa shape index (κ1) is 26.1. The lowest BCUT2D eigenvalue weighted by molar-refractivity contribution is 1.18. The van der Waals surface area contributed by atoms with Crippen LogP contribution < -0.4 is 0 Å². The Balaban J connectivity index is 0.984. The predicted molar refractivity (Wildman–Crippen MR) is 246 cm³/mol. The summed E-state index contributed by atoms with van der Waals surface area (Å²) in [6.07, 6.45) is 0. The zero-order valence-electron chi connectivity index (χ0n) is 40.5. The van der Waals surface area contributed by atoms with Crippen molar-refractivity contribution in [1.82, 2.24) is 14.5 Å². The van der Waals surface area contributed by atoms with E-state index in [1.54, 1.807) is 6.07 Å². The summed E-state index contributed by atoms with van der Waals surface area (Å²) in [5.41, 5.74) is 8.78. The van der Waals surface area contributed by atoms with Gasteiger partial charge in [-0.2, -0.15) is 0 Å². The maximum atomic E-state index is 9.21. The molecule has 2 heterocycles. The van der Waals surface area contributed by atoms with Gasteiger partial charge in [0.2, 0.25) is 0 Å². The first-order chi connectivity index (χ1) is 33.0. The van der Waals surface area contributed by atoms with E-state index in [1.165, 1.54) is 10.8 Å². The van der Waals surface area contributed by atoms with Gasteiger partial charge in [-0.3, -0.25) is 0 Å². The highest BCUT2D eigenvalue weighted by Crippen LogP contribution is 2.38. The van der Waals surface area contributed by atoms with Gasteiger partial charge in [0.15, 0.2) is 5.82 Å². The second kappa shape index (κ2) is 14.6. The van der Waals surface area contributed by atoms with Gasteiger partial charge in [-0.25, -0.2) is 9.97 Å². The van der Waals surface area contributed by atoms with Crippen LogP contribution in [-0.4, -0.2) is 14.5 Å². The third-order valence-corrected chi connectivity index (χ3v) is 10.8. The van der Waals surface area contributed by atoms with Crippen LogP contribution in [0, 0.1) is 0 Å². The number of rotatable bonds is 7. The summed E-state index contributed by atoms with van der Waals surface area (Å²) >= 11 is 0. The molecule has 0 aliphatic carbocycles. The SMILES string of the molecule is [2H]c1c([2H])c([2H])c(-c2c([2H])c([2H])c(-c3cc(-c4ccc(-c5ccc(-c6ccc(-n7c8ccccc8c8ccccc87)cc6)cc5)c5ccccc45)nc(-c4ccccc4)n3)c([2H])c2[2H])c([2H])c1[2H]. The predicted octanol–water partition coefficient (Wildman–Crippen LogP) is 14.7. The van der Waals surface area contributed by atoms with Gasteiger partial charge in [0.05, 0.1) is 34.8 Å². The van der Waals surface area contributed by atoms with Gasteiger partial charge in [0.25, 0.3) is 0 Å². The minimum Gasteiger partial charge on any atom is -0.309 e. The summed E-state index contributed by atoms with van der Waals surface area (Å²) < 4.78 is 80.4. The number of fused-ring (bicyclic) bond motifs is 4. The first-order valence-electron chi connectivity index (χ1n) is 23.8. The Hall–Kier alpha value is -7.88. The lowest BCUT2D eigenvalue weighted by Gasteiger charge is -2.14. The molecule has 3 nitrogen and oxygen atoms in total. The minimum absolute atomic E-state index is 0.112. The van der Waals surface area contributed by atoms with Crippen molar-refractivity contribution in [3.05, 3.63) is 224 Å². The zero-order chi connectivity index (χ0) is 47.0. The summed E-state index contributed by atoms with van der Waals surface area (Å²) in [4.78, 5) is 9.85. The van der Waals surface area contributed by atoms with Gasteiger partial charge in [-0.05, 0) is 74.5 Å². The van der Waals surface area contributed by atoms with Gasteiger partial charge >= 0.3 is 0 Å². The Morgan fingerprint density at radius 2 is 0.831 bits per heavy atom. The third kappa shape index (κ3) is 6.26. The van der Waals surface area contributed by atoms with E-state index in [4.69, 9.17) is 19.6 Å². The number of hydrogen-bond acceptors (Lipinski definition) is 2. The fourth-order valence-electron chi connectivity index (χ4n) is 7.99. The smallest absolute Gasteiger partial charge is 0.160 e. The minimum atomic E-state index is -0.636. The highest BCUT2D eigenvalue weighted by molar-refractivity contribution is 6.09. The van der Waals surface area contributed by atoms with E-state index in [2.05, 4.69) is 114 Å². The standard InChI is InChI=1S/C56H37N3/c1-3-13-38(14-4-1)39-25-29-43(30-26-39)52-37-53(58-56(57-52)44-15-5-2-6-16-44)49-36-35-46(47-17-7-8-18-48(47)49)42-27-23-40(24-28-42)41-31-33-45(34-32-41)59-54-21-11-9-19-50(54)51-20-10-12-22-55(51)59/h1-37H/i1D,3D,4D,13D,14D,25D,26D,29D,30D. The van der Waals surface area contributed by atoms with E-state index in [0.29, 0.717) is 17.1 Å². The number of benzene rings is 9. The number of aromatic nitrogens is 3. The van der Waals surface area contributed by atoms with Gasteiger partial charge in [0.1, 0.15) is 0 Å². The number of para-hydroxylation sites is 2. The molecule has 0 atom stereocenters. The van der Waals surface area contributed by atoms with Crippen molar-refractivity contribution in [2.75, 3.05) is 0 Å². The molecule has 0 saturated heterocycles. The van der Waals surface area contributed by atoms with E-state index >= 15 is 0 Å². The first-order valence-corrected chi connectivity index (χ1v) is 19.3. The van der Waals surface area contributed by atoms with Crippen LogP contribution in [0.4, 0.5) is 0 Å². The van der Waals surface area contributed by atoms with E-state index in [9.17, 15) is 2.74 Å². The average molecular weight is 761 g/mol. The van der Waals surface area contributed by atoms with Crippen LogP contribution in [0.5, 0.6) is 0 Å². The van der Waals surface area contributed by atoms with Crippen LogP contribution in [0.2, 0.25) is 0 Å². The highest BCUT2D eigenvalue weighted by atomic mass is 15.0. The Morgan fingerprint density at radius 3 is 1.49 bits per heavy atom. The Bertz CT molecular complexity index is 3720. The lowest BCUT2D eigenvalue weighted by Crippen LogP contribution is -1.97. The van der Waals surface area contributed by atoms with Crippen molar-refractivity contribution in [3.63, 3.8) is 0 Å². The second-order valence-corrected chi connectivity index (χ2v) is 14.3. The normalized spacial score (nSPS) is 13.5. The van der Waals surface area contributed by atoms with E-state index < -0.39 is 59.9 Å². The molecule has 0 fully saturated rings. The fraction of sp³-hybridized carbons (Fsp3) is 0. The molecule has 0 aliphatic heterocycles. The average Bonchev–Trinajstić information content (AvgIpc) is 3.72. The van der Waals surface area contributed by atoms with Gasteiger partial charge in [0, 0.05) is 33.2 Å². The summed E-state index contributed by atoms with van der Waals surface area (Å²) in [6, 6.07) is 52.0. The summed E-state index contributed by atoms with van der Waals surface area (Å²) in [5, 5.41) is 4.32. The zero-order valence-corrected chi connectivity index (χ0v) is 31.5. The van der Waals surface area contributed by atoms with Crippen LogP contribution in [0.3, 0.4) is 0 Å². The van der Waals surface area contributed by atoms with Gasteiger partial charge < -0.3 is 4.57 Å².